The lowest BCUT2D eigenvalue weighted by atomic mass is 10.1. The van der Waals surface area contributed by atoms with Crippen LogP contribution in [0, 0.1) is 0 Å². The van der Waals surface area contributed by atoms with Crippen LogP contribution in [0.4, 0.5) is 11.4 Å². The molecule has 4 rings (SSSR count). The fraction of sp³-hybridized carbons (Fsp3) is 0.100. The van der Waals surface area contributed by atoms with Crippen LogP contribution in [0.2, 0.25) is 10.0 Å². The molecule has 2 N–H and O–H groups in total. The molecule has 2 heterocycles. The highest BCUT2D eigenvalue weighted by Gasteiger charge is 2.23. The van der Waals surface area contributed by atoms with Crippen molar-refractivity contribution in [1.29, 1.82) is 0 Å². The summed E-state index contributed by atoms with van der Waals surface area (Å²) in [5.74, 6) is 1.36. The Labute approximate surface area is 167 Å². The Morgan fingerprint density at radius 2 is 2.00 bits per heavy atom. The lowest BCUT2D eigenvalue weighted by Gasteiger charge is -2.29. The van der Waals surface area contributed by atoms with Crippen molar-refractivity contribution in [2.24, 2.45) is 4.99 Å². The number of amidine groups is 1. The van der Waals surface area contributed by atoms with E-state index in [0.29, 0.717) is 15.8 Å². The summed E-state index contributed by atoms with van der Waals surface area (Å²) in [4.78, 5) is 8.89. The van der Waals surface area contributed by atoms with Crippen molar-refractivity contribution in [3.05, 3.63) is 82.1 Å². The molecule has 7 heteroatoms. The van der Waals surface area contributed by atoms with E-state index in [2.05, 4.69) is 15.6 Å². The molecule has 0 saturated heterocycles. The van der Waals surface area contributed by atoms with Crippen molar-refractivity contribution in [2.75, 3.05) is 12.4 Å². The van der Waals surface area contributed by atoms with Crippen LogP contribution in [-0.4, -0.2) is 17.9 Å². The third kappa shape index (κ3) is 3.70. The lowest BCUT2D eigenvalue weighted by Crippen LogP contribution is -2.36. The van der Waals surface area contributed by atoms with E-state index in [4.69, 9.17) is 32.9 Å². The summed E-state index contributed by atoms with van der Waals surface area (Å²) in [7, 11) is 1.59. The third-order valence-electron chi connectivity index (χ3n) is 4.21. The van der Waals surface area contributed by atoms with Crippen molar-refractivity contribution in [3.8, 4) is 5.75 Å². The Balaban J connectivity index is 1.71. The Hall–Kier alpha value is -2.76. The van der Waals surface area contributed by atoms with E-state index in [1.807, 2.05) is 48.5 Å². The molecule has 1 aliphatic rings. The lowest BCUT2D eigenvalue weighted by molar-refractivity contribution is 0.415. The molecule has 0 amide bonds. The van der Waals surface area contributed by atoms with Crippen molar-refractivity contribution in [1.82, 2.24) is 10.3 Å². The smallest absolute Gasteiger partial charge is 0.137 e. The van der Waals surface area contributed by atoms with Gasteiger partial charge in [0, 0.05) is 34.2 Å². The molecule has 1 unspecified atom stereocenters. The van der Waals surface area contributed by atoms with Crippen LogP contribution in [0.5, 0.6) is 5.75 Å². The van der Waals surface area contributed by atoms with Crippen LogP contribution in [0.15, 0.2) is 65.9 Å². The number of benzene rings is 2. The number of aliphatic imine (C=N–C) groups is 1. The van der Waals surface area contributed by atoms with Gasteiger partial charge >= 0.3 is 0 Å². The van der Waals surface area contributed by atoms with Gasteiger partial charge in [0.1, 0.15) is 17.8 Å². The van der Waals surface area contributed by atoms with Gasteiger partial charge in [0.25, 0.3) is 0 Å². The van der Waals surface area contributed by atoms with Crippen molar-refractivity contribution < 1.29 is 4.74 Å². The second kappa shape index (κ2) is 7.47. The maximum Gasteiger partial charge on any atom is 0.137 e. The molecule has 0 fully saturated rings. The summed E-state index contributed by atoms with van der Waals surface area (Å²) < 4.78 is 5.22. The van der Waals surface area contributed by atoms with E-state index in [0.717, 1.165) is 28.3 Å². The van der Waals surface area contributed by atoms with Gasteiger partial charge in [-0.25, -0.2) is 4.99 Å². The third-order valence-corrected chi connectivity index (χ3v) is 4.74. The summed E-state index contributed by atoms with van der Waals surface area (Å²) in [5.41, 5.74) is 3.53. The summed E-state index contributed by atoms with van der Waals surface area (Å²) in [6, 6.07) is 15.0. The van der Waals surface area contributed by atoms with Gasteiger partial charge in [0.15, 0.2) is 0 Å². The quantitative estimate of drug-likeness (QED) is 0.634. The minimum Gasteiger partial charge on any atom is -0.495 e. The predicted molar refractivity (Wildman–Crippen MR) is 109 cm³/mol. The summed E-state index contributed by atoms with van der Waals surface area (Å²) >= 11 is 12.5. The van der Waals surface area contributed by atoms with Gasteiger partial charge < -0.3 is 15.4 Å². The first kappa shape index (κ1) is 17.6. The van der Waals surface area contributed by atoms with E-state index in [1.54, 1.807) is 19.5 Å². The Morgan fingerprint density at radius 1 is 1.11 bits per heavy atom. The van der Waals surface area contributed by atoms with E-state index in [-0.39, 0.29) is 6.17 Å². The summed E-state index contributed by atoms with van der Waals surface area (Å²) in [6.45, 7) is 0. The molecular weight excluding hydrogens is 383 g/mol. The van der Waals surface area contributed by atoms with Crippen molar-refractivity contribution in [2.45, 2.75) is 6.17 Å². The van der Waals surface area contributed by atoms with Crippen LogP contribution < -0.4 is 15.4 Å². The molecule has 0 saturated carbocycles. The second-order valence-electron chi connectivity index (χ2n) is 5.98. The number of rotatable bonds is 4. The fourth-order valence-corrected chi connectivity index (χ4v) is 3.35. The number of nitrogens with one attached hydrogen (secondary N) is 2. The van der Waals surface area contributed by atoms with E-state index < -0.39 is 0 Å². The Bertz CT molecular complexity index is 1010. The van der Waals surface area contributed by atoms with Crippen molar-refractivity contribution in [3.63, 3.8) is 0 Å². The molecular formula is C20H16Cl2N4O. The van der Waals surface area contributed by atoms with Gasteiger partial charge in [-0.15, -0.1) is 0 Å². The molecule has 1 aliphatic heterocycles. The van der Waals surface area contributed by atoms with E-state index >= 15 is 0 Å². The highest BCUT2D eigenvalue weighted by molar-refractivity contribution is 6.32. The van der Waals surface area contributed by atoms with Gasteiger partial charge in [-0.3, -0.25) is 4.98 Å². The zero-order valence-corrected chi connectivity index (χ0v) is 15.9. The highest BCUT2D eigenvalue weighted by Crippen LogP contribution is 2.35. The minimum atomic E-state index is -0.240. The molecule has 1 aromatic heterocycles. The molecule has 0 aliphatic carbocycles. The molecule has 0 radical (unpaired) electrons. The van der Waals surface area contributed by atoms with Gasteiger partial charge in [0.2, 0.25) is 0 Å². The zero-order chi connectivity index (χ0) is 18.8. The average molecular weight is 399 g/mol. The maximum atomic E-state index is 6.26. The molecule has 3 aromatic rings. The predicted octanol–water partition coefficient (Wildman–Crippen LogP) is 5.19. The highest BCUT2D eigenvalue weighted by atomic mass is 35.5. The summed E-state index contributed by atoms with van der Waals surface area (Å²) in [6.07, 6.45) is 3.26. The first-order chi connectivity index (χ1) is 13.1. The monoisotopic (exact) mass is 398 g/mol. The molecule has 136 valence electrons. The van der Waals surface area contributed by atoms with Crippen LogP contribution in [-0.2, 0) is 0 Å². The summed E-state index contributed by atoms with van der Waals surface area (Å²) in [5, 5.41) is 8.04. The van der Waals surface area contributed by atoms with Crippen LogP contribution in [0.1, 0.15) is 17.3 Å². The van der Waals surface area contributed by atoms with Gasteiger partial charge in [-0.1, -0.05) is 23.2 Å². The number of fused-ring (bicyclic) bond motifs is 1. The first-order valence-corrected chi connectivity index (χ1v) is 9.05. The van der Waals surface area contributed by atoms with Crippen LogP contribution in [0.25, 0.3) is 0 Å². The normalized spacial score (nSPS) is 15.4. The number of hydrogen-bond donors (Lipinski definition) is 2. The SMILES string of the molecule is COc1ccc(NC2NC(c3cccnc3)=Nc3ccc(Cl)cc32)cc1Cl. The van der Waals surface area contributed by atoms with Gasteiger partial charge in [-0.05, 0) is 48.5 Å². The van der Waals surface area contributed by atoms with Gasteiger partial charge in [0.05, 0.1) is 17.8 Å². The molecule has 5 nitrogen and oxygen atoms in total. The standard InChI is InChI=1S/C20H16Cl2N4O/c1-27-18-7-5-14(10-16(18)22)24-20-15-9-13(21)4-6-17(15)25-19(26-20)12-3-2-8-23-11-12/h2-11,20,24H,1H3,(H,25,26). The number of nitrogens with zero attached hydrogens (tertiary/aromatic N) is 2. The number of halogens is 2. The number of anilines is 1. The molecule has 0 spiro atoms. The number of aromatic nitrogens is 1. The Morgan fingerprint density at radius 3 is 2.74 bits per heavy atom. The fourth-order valence-electron chi connectivity index (χ4n) is 2.91. The first-order valence-electron chi connectivity index (χ1n) is 8.29. The maximum absolute atomic E-state index is 6.26. The Kier molecular flexibility index (Phi) is 4.88. The van der Waals surface area contributed by atoms with E-state index in [9.17, 15) is 0 Å². The topological polar surface area (TPSA) is 58.5 Å². The second-order valence-corrected chi connectivity index (χ2v) is 6.82. The molecule has 0 bridgehead atoms. The van der Waals surface area contributed by atoms with Crippen LogP contribution >= 0.6 is 23.2 Å². The molecule has 2 aromatic carbocycles. The molecule has 1 atom stereocenters. The number of ether oxygens (including phenoxy) is 1. The number of hydrogen-bond acceptors (Lipinski definition) is 5. The largest absolute Gasteiger partial charge is 0.495 e. The minimum absolute atomic E-state index is 0.240. The zero-order valence-electron chi connectivity index (χ0n) is 14.4. The number of methoxy groups -OCH3 is 1. The average Bonchev–Trinajstić information content (AvgIpc) is 2.69. The molecule has 27 heavy (non-hydrogen) atoms. The van der Waals surface area contributed by atoms with E-state index in [1.165, 1.54) is 0 Å². The van der Waals surface area contributed by atoms with Crippen molar-refractivity contribution >= 4 is 40.4 Å². The number of pyridine rings is 1. The van der Waals surface area contributed by atoms with Gasteiger partial charge in [-0.2, -0.15) is 0 Å². The van der Waals surface area contributed by atoms with Crippen LogP contribution in [0.3, 0.4) is 0 Å².